The number of hydrogen-bond donors (Lipinski definition) is 2. The molecule has 2 saturated heterocycles. The van der Waals surface area contributed by atoms with Gasteiger partial charge in [-0.1, -0.05) is 13.8 Å². The van der Waals surface area contributed by atoms with Crippen molar-refractivity contribution in [2.75, 3.05) is 32.8 Å². The van der Waals surface area contributed by atoms with E-state index in [2.05, 4.69) is 10.6 Å². The Morgan fingerprint density at radius 1 is 1.31 bits per heavy atom. The van der Waals surface area contributed by atoms with E-state index in [9.17, 15) is 4.79 Å². The van der Waals surface area contributed by atoms with Crippen molar-refractivity contribution in [3.63, 3.8) is 0 Å². The zero-order valence-electron chi connectivity index (χ0n) is 17.6. The van der Waals surface area contributed by atoms with Gasteiger partial charge in [0.25, 0.3) is 0 Å². The predicted octanol–water partition coefficient (Wildman–Crippen LogP) is 2.80. The van der Waals surface area contributed by atoms with Crippen molar-refractivity contribution in [1.29, 1.82) is 0 Å². The van der Waals surface area contributed by atoms with Gasteiger partial charge in [-0.15, -0.1) is 24.0 Å². The van der Waals surface area contributed by atoms with Crippen LogP contribution >= 0.6 is 24.0 Å². The zero-order valence-corrected chi connectivity index (χ0v) is 19.9. The van der Waals surface area contributed by atoms with Crippen molar-refractivity contribution in [3.8, 4) is 0 Å². The Kier molecular flexibility index (Phi) is 10.3. The summed E-state index contributed by atoms with van der Waals surface area (Å²) < 4.78 is 11.1. The van der Waals surface area contributed by atoms with E-state index in [1.807, 2.05) is 30.9 Å². The van der Waals surface area contributed by atoms with Gasteiger partial charge in [0.15, 0.2) is 5.96 Å². The van der Waals surface area contributed by atoms with Crippen molar-refractivity contribution >= 4 is 35.8 Å². The lowest BCUT2D eigenvalue weighted by atomic mass is 10.0. The Bertz CT molecular complexity index is 622. The van der Waals surface area contributed by atoms with Crippen LogP contribution in [-0.2, 0) is 16.0 Å². The quantitative estimate of drug-likeness (QED) is 0.330. The molecule has 1 atom stereocenters. The Morgan fingerprint density at radius 2 is 2.10 bits per heavy atom. The van der Waals surface area contributed by atoms with Gasteiger partial charge in [0.05, 0.1) is 18.9 Å². The van der Waals surface area contributed by atoms with Gasteiger partial charge in [0.2, 0.25) is 5.91 Å². The van der Waals surface area contributed by atoms with Crippen molar-refractivity contribution in [1.82, 2.24) is 15.5 Å². The number of hydrogen-bond acceptors (Lipinski definition) is 4. The van der Waals surface area contributed by atoms with Gasteiger partial charge in [0, 0.05) is 44.6 Å². The monoisotopic (exact) mass is 518 g/mol. The molecule has 1 aromatic heterocycles. The molecule has 29 heavy (non-hydrogen) atoms. The lowest BCUT2D eigenvalue weighted by Gasteiger charge is -2.34. The molecule has 0 bridgehead atoms. The molecule has 2 fully saturated rings. The summed E-state index contributed by atoms with van der Waals surface area (Å²) in [5.74, 6) is 2.11. The molecule has 0 aliphatic carbocycles. The van der Waals surface area contributed by atoms with Crippen LogP contribution in [0.25, 0.3) is 0 Å². The van der Waals surface area contributed by atoms with Crippen molar-refractivity contribution in [2.45, 2.75) is 58.1 Å². The van der Waals surface area contributed by atoms with Gasteiger partial charge in [-0.25, -0.2) is 0 Å². The fourth-order valence-electron chi connectivity index (χ4n) is 3.70. The van der Waals surface area contributed by atoms with Crippen LogP contribution < -0.4 is 10.6 Å². The minimum atomic E-state index is 0. The minimum Gasteiger partial charge on any atom is -0.469 e. The second kappa shape index (κ2) is 12.4. The largest absolute Gasteiger partial charge is 0.469 e. The third kappa shape index (κ3) is 7.81. The molecule has 8 heteroatoms. The first-order valence-electron chi connectivity index (χ1n) is 10.6. The number of furan rings is 1. The van der Waals surface area contributed by atoms with Crippen molar-refractivity contribution in [3.05, 3.63) is 24.2 Å². The van der Waals surface area contributed by atoms with E-state index >= 15 is 0 Å². The first kappa shape index (κ1) is 24.0. The van der Waals surface area contributed by atoms with Gasteiger partial charge in [-0.3, -0.25) is 9.79 Å². The fourth-order valence-corrected chi connectivity index (χ4v) is 3.70. The van der Waals surface area contributed by atoms with Gasteiger partial charge < -0.3 is 24.7 Å². The molecule has 1 unspecified atom stereocenters. The molecule has 7 nitrogen and oxygen atoms in total. The summed E-state index contributed by atoms with van der Waals surface area (Å²) in [6, 6.07) is 4.22. The normalized spacial score (nSPS) is 20.6. The van der Waals surface area contributed by atoms with E-state index in [1.165, 1.54) is 0 Å². The van der Waals surface area contributed by atoms with Crippen LogP contribution in [0.5, 0.6) is 0 Å². The highest BCUT2D eigenvalue weighted by Gasteiger charge is 2.25. The molecular formula is C21H35IN4O3. The number of aliphatic imine (C=N–C) groups is 1. The SMILES string of the molecule is CC(C)C(=O)N1CCC(NC(=NCC2CCCO2)NCCc2ccco2)CC1.I. The van der Waals surface area contributed by atoms with E-state index in [1.54, 1.807) is 6.26 Å². The van der Waals surface area contributed by atoms with Crippen LogP contribution in [0, 0.1) is 5.92 Å². The minimum absolute atomic E-state index is 0. The second-order valence-corrected chi connectivity index (χ2v) is 7.98. The van der Waals surface area contributed by atoms with Gasteiger partial charge in [0.1, 0.15) is 5.76 Å². The number of ether oxygens (including phenoxy) is 1. The number of halogens is 1. The van der Waals surface area contributed by atoms with Crippen LogP contribution in [0.3, 0.4) is 0 Å². The Morgan fingerprint density at radius 3 is 2.72 bits per heavy atom. The number of rotatable bonds is 7. The summed E-state index contributed by atoms with van der Waals surface area (Å²) in [5.41, 5.74) is 0. The van der Waals surface area contributed by atoms with Crippen LogP contribution in [0.15, 0.2) is 27.8 Å². The number of carbonyl (C=O) groups excluding carboxylic acids is 1. The summed E-state index contributed by atoms with van der Waals surface area (Å²) in [6.07, 6.45) is 6.83. The van der Waals surface area contributed by atoms with E-state index in [4.69, 9.17) is 14.1 Å². The second-order valence-electron chi connectivity index (χ2n) is 7.98. The highest BCUT2D eigenvalue weighted by atomic mass is 127. The molecule has 1 aromatic rings. The van der Waals surface area contributed by atoms with Crippen molar-refractivity contribution in [2.24, 2.45) is 10.9 Å². The van der Waals surface area contributed by atoms with E-state index in [0.717, 1.165) is 70.1 Å². The first-order valence-corrected chi connectivity index (χ1v) is 10.6. The zero-order chi connectivity index (χ0) is 19.8. The lowest BCUT2D eigenvalue weighted by molar-refractivity contribution is -0.135. The number of amides is 1. The highest BCUT2D eigenvalue weighted by Crippen LogP contribution is 2.14. The standard InChI is InChI=1S/C21H34N4O3.HI/c1-16(2)20(26)25-11-8-17(9-12-25)24-21(23-15-19-6-4-14-28-19)22-10-7-18-5-3-13-27-18;/h3,5,13,16-17,19H,4,6-12,14-15H2,1-2H3,(H2,22,23,24);1H. The van der Waals surface area contributed by atoms with E-state index in [-0.39, 0.29) is 41.9 Å². The van der Waals surface area contributed by atoms with Crippen LogP contribution in [-0.4, -0.2) is 61.7 Å². The smallest absolute Gasteiger partial charge is 0.225 e. The molecule has 0 aromatic carbocycles. The lowest BCUT2D eigenvalue weighted by Crippen LogP contribution is -2.50. The number of nitrogens with one attached hydrogen (secondary N) is 2. The molecule has 0 saturated carbocycles. The molecule has 164 valence electrons. The average Bonchev–Trinajstić information content (AvgIpc) is 3.40. The molecule has 1 amide bonds. The number of likely N-dealkylation sites (tertiary alicyclic amines) is 1. The third-order valence-electron chi connectivity index (χ3n) is 5.36. The average molecular weight is 518 g/mol. The summed E-state index contributed by atoms with van der Waals surface area (Å²) in [4.78, 5) is 18.9. The summed E-state index contributed by atoms with van der Waals surface area (Å²) in [6.45, 7) is 7.82. The third-order valence-corrected chi connectivity index (χ3v) is 5.36. The Hall–Kier alpha value is -1.29. The molecule has 2 aliphatic heterocycles. The Labute approximate surface area is 191 Å². The van der Waals surface area contributed by atoms with Crippen LogP contribution in [0.4, 0.5) is 0 Å². The summed E-state index contributed by atoms with van der Waals surface area (Å²) in [5, 5.41) is 6.99. The first-order chi connectivity index (χ1) is 13.6. The van der Waals surface area contributed by atoms with Crippen LogP contribution in [0.2, 0.25) is 0 Å². The maximum Gasteiger partial charge on any atom is 0.225 e. The van der Waals surface area contributed by atoms with Crippen LogP contribution in [0.1, 0.15) is 45.3 Å². The van der Waals surface area contributed by atoms with Gasteiger partial charge >= 0.3 is 0 Å². The molecule has 2 aliphatic rings. The fraction of sp³-hybridized carbons (Fsp3) is 0.714. The maximum absolute atomic E-state index is 12.2. The number of carbonyl (C=O) groups is 1. The van der Waals surface area contributed by atoms with Gasteiger partial charge in [-0.05, 0) is 37.8 Å². The van der Waals surface area contributed by atoms with E-state index in [0.29, 0.717) is 12.6 Å². The predicted molar refractivity (Wildman–Crippen MR) is 125 cm³/mol. The van der Waals surface area contributed by atoms with Crippen molar-refractivity contribution < 1.29 is 13.9 Å². The van der Waals surface area contributed by atoms with Gasteiger partial charge in [-0.2, -0.15) is 0 Å². The number of piperidine rings is 1. The molecule has 2 N–H and O–H groups in total. The molecule has 3 rings (SSSR count). The highest BCUT2D eigenvalue weighted by molar-refractivity contribution is 14.0. The molecule has 3 heterocycles. The summed E-state index contributed by atoms with van der Waals surface area (Å²) in [7, 11) is 0. The van der Waals surface area contributed by atoms with E-state index < -0.39 is 0 Å². The number of guanidine groups is 1. The molecule has 0 spiro atoms. The Balaban J connectivity index is 0.00000300. The summed E-state index contributed by atoms with van der Waals surface area (Å²) >= 11 is 0. The molecule has 0 radical (unpaired) electrons. The molecular weight excluding hydrogens is 483 g/mol. The number of nitrogens with zero attached hydrogens (tertiary/aromatic N) is 2. The maximum atomic E-state index is 12.2. The topological polar surface area (TPSA) is 79.1 Å².